The van der Waals surface area contributed by atoms with Gasteiger partial charge in [-0.3, -0.25) is 0 Å². The van der Waals surface area contributed by atoms with Gasteiger partial charge in [0.2, 0.25) is 0 Å². The Balaban J connectivity index is 2.43. The lowest BCUT2D eigenvalue weighted by Crippen LogP contribution is -2.34. The van der Waals surface area contributed by atoms with E-state index in [1.807, 2.05) is 27.7 Å². The Kier molecular flexibility index (Phi) is 4.44. The van der Waals surface area contributed by atoms with Gasteiger partial charge in [-0.2, -0.15) is 0 Å². The Hall–Kier alpha value is -1.33. The molecule has 21 heavy (non-hydrogen) atoms. The predicted octanol–water partition coefficient (Wildman–Crippen LogP) is 4.23. The minimum atomic E-state index is -1.24. The molecule has 2 atom stereocenters. The van der Waals surface area contributed by atoms with Crippen LogP contribution in [0, 0.1) is 11.6 Å². The van der Waals surface area contributed by atoms with E-state index in [9.17, 15) is 13.0 Å². The molecule has 0 radical (unpaired) electrons. The lowest BCUT2D eigenvalue weighted by molar-refractivity contribution is 0.613. The maximum Gasteiger partial charge on any atom is 0.131 e. The van der Waals surface area contributed by atoms with Gasteiger partial charge in [0, 0.05) is 11.4 Å². The summed E-state index contributed by atoms with van der Waals surface area (Å²) in [5.74, 6) is -0.935. The highest BCUT2D eigenvalue weighted by Crippen LogP contribution is 2.28. The average Bonchev–Trinajstić information content (AvgIpc) is 2.38. The van der Waals surface area contributed by atoms with E-state index in [1.54, 1.807) is 12.1 Å². The second kappa shape index (κ2) is 5.81. The average molecular weight is 311 g/mol. The number of rotatable bonds is 3. The summed E-state index contributed by atoms with van der Waals surface area (Å²) in [5, 5.41) is 0.866. The molecule has 114 valence electrons. The molecule has 0 bridgehead atoms. The molecule has 0 aromatic heterocycles. The quantitative estimate of drug-likeness (QED) is 0.903. The summed E-state index contributed by atoms with van der Waals surface area (Å²) in [4.78, 5) is 0. The first-order chi connectivity index (χ1) is 9.70. The number of benzene rings is 2. The van der Waals surface area contributed by atoms with Gasteiger partial charge in [0.15, 0.2) is 0 Å². The predicted molar refractivity (Wildman–Crippen MR) is 83.3 cm³/mol. The summed E-state index contributed by atoms with van der Waals surface area (Å²) in [6, 6.07) is 6.77. The molecule has 0 fully saturated rings. The van der Waals surface area contributed by atoms with Gasteiger partial charge in [-0.25, -0.2) is 17.7 Å². The van der Waals surface area contributed by atoms with E-state index >= 15 is 0 Å². The van der Waals surface area contributed by atoms with E-state index in [0.29, 0.717) is 5.39 Å². The Morgan fingerprint density at radius 2 is 1.76 bits per heavy atom. The number of halogens is 2. The van der Waals surface area contributed by atoms with Crippen molar-refractivity contribution < 1.29 is 13.0 Å². The van der Waals surface area contributed by atoms with Gasteiger partial charge >= 0.3 is 0 Å². The van der Waals surface area contributed by atoms with E-state index in [-0.39, 0.29) is 11.4 Å². The molecule has 0 heterocycles. The fourth-order valence-corrected chi connectivity index (χ4v) is 2.89. The highest BCUT2D eigenvalue weighted by molar-refractivity contribution is 7.84. The molecule has 2 aromatic carbocycles. The number of hydrogen-bond donors (Lipinski definition) is 1. The molecule has 2 aromatic rings. The minimum absolute atomic E-state index is 0.237. The molecule has 0 unspecified atom stereocenters. The molecule has 1 N–H and O–H groups in total. The summed E-state index contributed by atoms with van der Waals surface area (Å²) >= 11 is 0. The highest BCUT2D eigenvalue weighted by atomic mass is 32.2. The molecule has 0 saturated carbocycles. The molecule has 0 aliphatic rings. The third-order valence-corrected chi connectivity index (χ3v) is 4.95. The van der Waals surface area contributed by atoms with Crippen molar-refractivity contribution in [3.63, 3.8) is 0 Å². The van der Waals surface area contributed by atoms with Crippen molar-refractivity contribution >= 4 is 21.8 Å². The van der Waals surface area contributed by atoms with Crippen molar-refractivity contribution in [1.29, 1.82) is 0 Å². The van der Waals surface area contributed by atoms with Crippen molar-refractivity contribution in [2.24, 2.45) is 0 Å². The maximum atomic E-state index is 13.8. The Labute approximate surface area is 126 Å². The monoisotopic (exact) mass is 311 g/mol. The fourth-order valence-electron chi connectivity index (χ4n) is 2.09. The Bertz CT molecular complexity index is 694. The number of fused-ring (bicyclic) bond motifs is 1. The topological polar surface area (TPSA) is 29.1 Å². The normalized spacial score (nSPS) is 15.1. The summed E-state index contributed by atoms with van der Waals surface area (Å²) in [5.41, 5.74) is 0.795. The molecule has 0 amide bonds. The summed E-state index contributed by atoms with van der Waals surface area (Å²) in [7, 11) is -1.24. The molecular formula is C16H19F2NOS. The molecule has 0 spiro atoms. The summed E-state index contributed by atoms with van der Waals surface area (Å²) < 4.78 is 41.9. The van der Waals surface area contributed by atoms with Gasteiger partial charge < -0.3 is 0 Å². The number of nitrogens with one attached hydrogen (secondary N) is 1. The maximum absolute atomic E-state index is 13.8. The van der Waals surface area contributed by atoms with E-state index < -0.39 is 27.4 Å². The molecule has 2 nitrogen and oxygen atoms in total. The lowest BCUT2D eigenvalue weighted by Gasteiger charge is -2.23. The van der Waals surface area contributed by atoms with Gasteiger partial charge in [-0.05, 0) is 56.8 Å². The first kappa shape index (κ1) is 16.0. The number of hydrogen-bond acceptors (Lipinski definition) is 1. The van der Waals surface area contributed by atoms with E-state index in [0.717, 1.165) is 5.56 Å². The van der Waals surface area contributed by atoms with Crippen LogP contribution < -0.4 is 4.72 Å². The molecule has 0 aliphatic carbocycles. The molecule has 2 rings (SSSR count). The van der Waals surface area contributed by atoms with Crippen LogP contribution in [0.3, 0.4) is 0 Å². The van der Waals surface area contributed by atoms with Crippen LogP contribution in [0.5, 0.6) is 0 Å². The second-order valence-corrected chi connectivity index (χ2v) is 8.05. The van der Waals surface area contributed by atoms with Crippen molar-refractivity contribution in [3.05, 3.63) is 47.5 Å². The van der Waals surface area contributed by atoms with Crippen LogP contribution in [-0.2, 0) is 11.0 Å². The molecule has 0 saturated heterocycles. The van der Waals surface area contributed by atoms with E-state index in [2.05, 4.69) is 4.72 Å². The molecule has 5 heteroatoms. The van der Waals surface area contributed by atoms with Crippen molar-refractivity contribution in [2.45, 2.75) is 38.5 Å². The zero-order chi connectivity index (χ0) is 15.8. The van der Waals surface area contributed by atoms with Gasteiger partial charge in [-0.15, -0.1) is 0 Å². The van der Waals surface area contributed by atoms with Crippen LogP contribution >= 0.6 is 0 Å². The van der Waals surface area contributed by atoms with E-state index in [4.69, 9.17) is 0 Å². The molecule has 0 aliphatic heterocycles. The van der Waals surface area contributed by atoms with Gasteiger partial charge in [0.1, 0.15) is 11.6 Å². The van der Waals surface area contributed by atoms with Crippen molar-refractivity contribution in [2.75, 3.05) is 0 Å². The fraction of sp³-hybridized carbons (Fsp3) is 0.375. The van der Waals surface area contributed by atoms with Crippen molar-refractivity contribution in [3.8, 4) is 0 Å². The van der Waals surface area contributed by atoms with Gasteiger partial charge in [-0.1, -0.05) is 12.1 Å². The Morgan fingerprint density at radius 3 is 2.38 bits per heavy atom. The van der Waals surface area contributed by atoms with Crippen LogP contribution in [0.25, 0.3) is 10.8 Å². The lowest BCUT2D eigenvalue weighted by atomic mass is 10.00. The largest absolute Gasteiger partial charge is 0.242 e. The third kappa shape index (κ3) is 3.47. The molecular weight excluding hydrogens is 292 g/mol. The zero-order valence-electron chi connectivity index (χ0n) is 12.5. The van der Waals surface area contributed by atoms with Gasteiger partial charge in [0.05, 0.1) is 15.7 Å². The highest BCUT2D eigenvalue weighted by Gasteiger charge is 2.22. The van der Waals surface area contributed by atoms with Crippen LogP contribution in [0.1, 0.15) is 39.3 Å². The van der Waals surface area contributed by atoms with Crippen LogP contribution in [-0.4, -0.2) is 8.96 Å². The smallest absolute Gasteiger partial charge is 0.131 e. The zero-order valence-corrected chi connectivity index (χ0v) is 13.4. The van der Waals surface area contributed by atoms with Crippen LogP contribution in [0.4, 0.5) is 8.78 Å². The SMILES string of the molecule is C[C@@H](N[S@](=O)C(C)(C)C)c1ccc(F)c2cc(F)ccc12. The summed E-state index contributed by atoms with van der Waals surface area (Å²) in [6.45, 7) is 7.49. The van der Waals surface area contributed by atoms with Crippen molar-refractivity contribution in [1.82, 2.24) is 4.72 Å². The minimum Gasteiger partial charge on any atom is -0.242 e. The second-order valence-electron chi connectivity index (χ2n) is 6.05. The van der Waals surface area contributed by atoms with Crippen LogP contribution in [0.15, 0.2) is 30.3 Å². The van der Waals surface area contributed by atoms with E-state index in [1.165, 1.54) is 18.2 Å². The van der Waals surface area contributed by atoms with Gasteiger partial charge in [0.25, 0.3) is 0 Å². The standard InChI is InChI=1S/C16H19F2NOS/c1-10(19-21(20)16(2,3)4)12-7-8-15(18)14-9-11(17)5-6-13(12)14/h5-10,19H,1-4H3/t10-,21-/m1/s1. The first-order valence-corrected chi connectivity index (χ1v) is 7.91. The summed E-state index contributed by atoms with van der Waals surface area (Å²) in [6.07, 6.45) is 0. The Morgan fingerprint density at radius 1 is 1.10 bits per heavy atom. The van der Waals surface area contributed by atoms with Crippen LogP contribution in [0.2, 0.25) is 0 Å². The first-order valence-electron chi connectivity index (χ1n) is 6.76. The third-order valence-electron chi connectivity index (χ3n) is 3.27.